The van der Waals surface area contributed by atoms with E-state index in [1.165, 1.54) is 12.1 Å². The first-order chi connectivity index (χ1) is 14.5. The molecule has 0 aliphatic rings. The van der Waals surface area contributed by atoms with E-state index in [1.807, 2.05) is 25.1 Å². The maximum absolute atomic E-state index is 13.2. The second-order valence-electron chi connectivity index (χ2n) is 6.93. The first-order valence-electron chi connectivity index (χ1n) is 9.13. The van der Waals surface area contributed by atoms with Crippen LogP contribution in [0.15, 0.2) is 70.1 Å². The van der Waals surface area contributed by atoms with Crippen molar-refractivity contribution in [1.82, 2.24) is 14.6 Å². The van der Waals surface area contributed by atoms with E-state index in [0.29, 0.717) is 33.4 Å². The standard InChI is InChI=1S/C23H13FN4O2/c1-13-2-7-20-17(8-13)22(18(10-25)23(29)30-20)15-11-26-21-9-19(27-28(21)12-15)14-3-5-16(24)6-4-14/h2-9,11-12H,1H3. The molecule has 5 aromatic rings. The predicted molar refractivity (Wildman–Crippen MR) is 109 cm³/mol. The van der Waals surface area contributed by atoms with Gasteiger partial charge in [-0.15, -0.1) is 0 Å². The van der Waals surface area contributed by atoms with E-state index in [1.54, 1.807) is 41.2 Å². The molecule has 2 aromatic carbocycles. The topological polar surface area (TPSA) is 84.2 Å². The molecule has 0 bridgehead atoms. The minimum Gasteiger partial charge on any atom is -0.422 e. The molecule has 5 rings (SSSR count). The third-order valence-electron chi connectivity index (χ3n) is 4.91. The zero-order chi connectivity index (χ0) is 20.8. The van der Waals surface area contributed by atoms with E-state index in [0.717, 1.165) is 11.1 Å². The lowest BCUT2D eigenvalue weighted by Gasteiger charge is -2.08. The van der Waals surface area contributed by atoms with Crippen molar-refractivity contribution >= 4 is 16.6 Å². The summed E-state index contributed by atoms with van der Waals surface area (Å²) in [4.78, 5) is 16.8. The number of aromatic nitrogens is 3. The van der Waals surface area contributed by atoms with Crippen LogP contribution in [-0.4, -0.2) is 14.6 Å². The molecule has 0 saturated heterocycles. The summed E-state index contributed by atoms with van der Waals surface area (Å²) >= 11 is 0. The van der Waals surface area contributed by atoms with Crippen molar-refractivity contribution in [2.24, 2.45) is 0 Å². The van der Waals surface area contributed by atoms with Crippen molar-refractivity contribution in [3.8, 4) is 28.5 Å². The minimum absolute atomic E-state index is 0.0832. The van der Waals surface area contributed by atoms with Crippen molar-refractivity contribution < 1.29 is 8.81 Å². The molecule has 0 aliphatic heterocycles. The van der Waals surface area contributed by atoms with Gasteiger partial charge in [-0.1, -0.05) is 11.6 Å². The third-order valence-corrected chi connectivity index (χ3v) is 4.91. The Bertz CT molecular complexity index is 1540. The van der Waals surface area contributed by atoms with Crippen LogP contribution in [0.2, 0.25) is 0 Å². The average molecular weight is 396 g/mol. The molecule has 3 aromatic heterocycles. The molecule has 7 heteroatoms. The summed E-state index contributed by atoms with van der Waals surface area (Å²) < 4.78 is 20.1. The molecule has 30 heavy (non-hydrogen) atoms. The monoisotopic (exact) mass is 396 g/mol. The average Bonchev–Trinajstić information content (AvgIpc) is 3.17. The number of halogens is 1. The fourth-order valence-electron chi connectivity index (χ4n) is 3.48. The van der Waals surface area contributed by atoms with Gasteiger partial charge in [0, 0.05) is 40.5 Å². The molecule has 0 aliphatic carbocycles. The number of rotatable bonds is 2. The molecule has 0 N–H and O–H groups in total. The van der Waals surface area contributed by atoms with Crippen molar-refractivity contribution in [2.45, 2.75) is 6.92 Å². The third kappa shape index (κ3) is 2.83. The van der Waals surface area contributed by atoms with E-state index in [2.05, 4.69) is 10.1 Å². The number of nitrogens with zero attached hydrogens (tertiary/aromatic N) is 4. The van der Waals surface area contributed by atoms with Gasteiger partial charge in [0.2, 0.25) is 0 Å². The van der Waals surface area contributed by atoms with Crippen LogP contribution in [-0.2, 0) is 0 Å². The van der Waals surface area contributed by atoms with Gasteiger partial charge in [-0.2, -0.15) is 10.4 Å². The van der Waals surface area contributed by atoms with Gasteiger partial charge < -0.3 is 4.42 Å². The van der Waals surface area contributed by atoms with Crippen molar-refractivity contribution in [3.05, 3.63) is 88.3 Å². The van der Waals surface area contributed by atoms with E-state index >= 15 is 0 Å². The molecule has 144 valence electrons. The molecular weight excluding hydrogens is 383 g/mol. The van der Waals surface area contributed by atoms with Crippen LogP contribution < -0.4 is 5.63 Å². The lowest BCUT2D eigenvalue weighted by molar-refractivity contribution is 0.559. The summed E-state index contributed by atoms with van der Waals surface area (Å²) in [6.45, 7) is 1.92. The first-order valence-corrected chi connectivity index (χ1v) is 9.13. The maximum Gasteiger partial charge on any atom is 0.354 e. The van der Waals surface area contributed by atoms with Gasteiger partial charge in [0.15, 0.2) is 5.65 Å². The Morgan fingerprint density at radius 1 is 1.10 bits per heavy atom. The van der Waals surface area contributed by atoms with Gasteiger partial charge in [0.05, 0.1) is 5.69 Å². The van der Waals surface area contributed by atoms with Crippen molar-refractivity contribution in [2.75, 3.05) is 0 Å². The quantitative estimate of drug-likeness (QED) is 0.411. The van der Waals surface area contributed by atoms with Crippen LogP contribution in [0.3, 0.4) is 0 Å². The van der Waals surface area contributed by atoms with Crippen LogP contribution in [0.4, 0.5) is 4.39 Å². The van der Waals surface area contributed by atoms with Gasteiger partial charge >= 0.3 is 5.63 Å². The van der Waals surface area contributed by atoms with E-state index < -0.39 is 5.63 Å². The Kier molecular flexibility index (Phi) is 3.93. The molecule has 0 spiro atoms. The van der Waals surface area contributed by atoms with Crippen LogP contribution in [0.1, 0.15) is 11.1 Å². The summed E-state index contributed by atoms with van der Waals surface area (Å²) in [6.07, 6.45) is 3.32. The fraction of sp³-hybridized carbons (Fsp3) is 0.0435. The Labute approximate surface area is 169 Å². The molecule has 0 fully saturated rings. The highest BCUT2D eigenvalue weighted by Crippen LogP contribution is 2.31. The minimum atomic E-state index is -0.698. The summed E-state index contributed by atoms with van der Waals surface area (Å²) in [5.74, 6) is -0.322. The molecule has 0 amide bonds. The number of hydrogen-bond acceptors (Lipinski definition) is 5. The van der Waals surface area contributed by atoms with Gasteiger partial charge in [0.1, 0.15) is 23.0 Å². The van der Waals surface area contributed by atoms with Gasteiger partial charge in [-0.25, -0.2) is 18.7 Å². The Hall–Kier alpha value is -4.31. The summed E-state index contributed by atoms with van der Waals surface area (Å²) in [6, 6.07) is 15.2. The number of fused-ring (bicyclic) bond motifs is 2. The van der Waals surface area contributed by atoms with Crippen LogP contribution in [0.25, 0.3) is 39.0 Å². The highest BCUT2D eigenvalue weighted by Gasteiger charge is 2.18. The lowest BCUT2D eigenvalue weighted by atomic mass is 9.99. The summed E-state index contributed by atoms with van der Waals surface area (Å²) in [7, 11) is 0. The first kappa shape index (κ1) is 17.8. The fourth-order valence-corrected chi connectivity index (χ4v) is 3.48. The molecular formula is C23H13FN4O2. The van der Waals surface area contributed by atoms with E-state index in [4.69, 9.17) is 4.42 Å². The number of hydrogen-bond donors (Lipinski definition) is 0. The van der Waals surface area contributed by atoms with E-state index in [9.17, 15) is 14.4 Å². The normalized spacial score (nSPS) is 11.1. The largest absolute Gasteiger partial charge is 0.422 e. The molecule has 0 radical (unpaired) electrons. The molecule has 0 atom stereocenters. The van der Waals surface area contributed by atoms with Gasteiger partial charge in [-0.3, -0.25) is 0 Å². The van der Waals surface area contributed by atoms with Crippen LogP contribution in [0.5, 0.6) is 0 Å². The molecule has 6 nitrogen and oxygen atoms in total. The van der Waals surface area contributed by atoms with E-state index in [-0.39, 0.29) is 11.4 Å². The summed E-state index contributed by atoms with van der Waals surface area (Å²) in [5.41, 5.74) is 3.57. The smallest absolute Gasteiger partial charge is 0.354 e. The van der Waals surface area contributed by atoms with Gasteiger partial charge in [-0.05, 0) is 43.3 Å². The Balaban J connectivity index is 1.75. The predicted octanol–water partition coefficient (Wildman–Crippen LogP) is 4.49. The second-order valence-corrected chi connectivity index (χ2v) is 6.93. The zero-order valence-electron chi connectivity index (χ0n) is 15.8. The number of benzene rings is 2. The highest BCUT2D eigenvalue weighted by molar-refractivity contribution is 5.96. The van der Waals surface area contributed by atoms with Crippen LogP contribution in [0, 0.1) is 24.1 Å². The number of aryl methyl sites for hydroxylation is 1. The highest BCUT2D eigenvalue weighted by atomic mass is 19.1. The Morgan fingerprint density at radius 2 is 1.90 bits per heavy atom. The molecule has 0 saturated carbocycles. The summed E-state index contributed by atoms with van der Waals surface area (Å²) in [5, 5.41) is 14.8. The molecule has 3 heterocycles. The zero-order valence-corrected chi connectivity index (χ0v) is 15.8. The SMILES string of the molecule is Cc1ccc2oc(=O)c(C#N)c(-c3cnc4cc(-c5ccc(F)cc5)nn4c3)c2c1. The molecule has 0 unspecified atom stereocenters. The Morgan fingerprint density at radius 3 is 2.67 bits per heavy atom. The van der Waals surface area contributed by atoms with Gasteiger partial charge in [0.25, 0.3) is 0 Å². The van der Waals surface area contributed by atoms with Crippen molar-refractivity contribution in [3.63, 3.8) is 0 Å². The maximum atomic E-state index is 13.2. The lowest BCUT2D eigenvalue weighted by Crippen LogP contribution is -2.07. The second kappa shape index (κ2) is 6.64. The number of nitriles is 1. The van der Waals surface area contributed by atoms with Crippen molar-refractivity contribution in [1.29, 1.82) is 5.26 Å². The van der Waals surface area contributed by atoms with Crippen LogP contribution >= 0.6 is 0 Å².